The second kappa shape index (κ2) is 19.5. The zero-order chi connectivity index (χ0) is 50.1. The Kier molecular flexibility index (Phi) is 12.0. The molecule has 12 aromatic rings. The minimum absolute atomic E-state index is 0.844. The van der Waals surface area contributed by atoms with Crippen LogP contribution < -0.4 is 0 Å². The lowest BCUT2D eigenvalue weighted by molar-refractivity contribution is 1.00. The summed E-state index contributed by atoms with van der Waals surface area (Å²) in [7, 11) is 0. The first-order valence-corrected chi connectivity index (χ1v) is 25.0. The molecule has 7 heteroatoms. The van der Waals surface area contributed by atoms with Crippen LogP contribution in [0.1, 0.15) is 22.8 Å². The third-order valence-corrected chi connectivity index (χ3v) is 14.1. The van der Waals surface area contributed by atoms with Crippen LogP contribution in [0, 0.1) is 27.7 Å². The van der Waals surface area contributed by atoms with E-state index in [0.29, 0.717) is 0 Å². The molecule has 5 aromatic heterocycles. The van der Waals surface area contributed by atoms with Crippen molar-refractivity contribution in [1.29, 1.82) is 0 Å². The number of nitrogens with zero attached hydrogens (tertiary/aromatic N) is 7. The topological polar surface area (TPSA) is 74.3 Å². The highest BCUT2D eigenvalue weighted by atomic mass is 15.1. The Labute approximate surface area is 431 Å². The lowest BCUT2D eigenvalue weighted by Crippen LogP contribution is -2.02. The number of rotatable bonds is 11. The SMILES string of the molecule is Cc1nc(-c2cc(-c3ccccc3-c3ccc(-c4ccccn4)cc3-c3ccc(-c4ccccc4)cc3)cc(-c3nc(C)c(C)n3-c3ccc(-c4ccccn4)cc3)c2)n(-c2ccc(-c3ccccn3)cc2)c1C. The molecular formula is C67H51N7. The summed E-state index contributed by atoms with van der Waals surface area (Å²) < 4.78 is 4.55. The lowest BCUT2D eigenvalue weighted by Gasteiger charge is -2.19. The van der Waals surface area contributed by atoms with E-state index in [0.717, 1.165) is 124 Å². The van der Waals surface area contributed by atoms with Crippen molar-refractivity contribution in [2.45, 2.75) is 27.7 Å². The number of hydrogen-bond donors (Lipinski definition) is 0. The van der Waals surface area contributed by atoms with Crippen LogP contribution in [0.25, 0.3) is 112 Å². The summed E-state index contributed by atoms with van der Waals surface area (Å²) in [5.41, 5.74) is 22.9. The van der Waals surface area contributed by atoms with Crippen molar-refractivity contribution in [2.75, 3.05) is 0 Å². The van der Waals surface area contributed by atoms with Crippen molar-refractivity contribution in [3.8, 4) is 112 Å². The molecule has 0 radical (unpaired) electrons. The maximum absolute atomic E-state index is 5.36. The van der Waals surface area contributed by atoms with Gasteiger partial charge >= 0.3 is 0 Å². The third kappa shape index (κ3) is 8.71. The average Bonchev–Trinajstić information content (AvgIpc) is 3.95. The van der Waals surface area contributed by atoms with Crippen LogP contribution in [0.5, 0.6) is 0 Å². The lowest BCUT2D eigenvalue weighted by atomic mass is 9.87. The van der Waals surface area contributed by atoms with Gasteiger partial charge in [-0.15, -0.1) is 0 Å². The second-order valence-electron chi connectivity index (χ2n) is 18.7. The number of hydrogen-bond acceptors (Lipinski definition) is 5. The maximum Gasteiger partial charge on any atom is 0.145 e. The molecule has 0 aliphatic carbocycles. The zero-order valence-corrected chi connectivity index (χ0v) is 41.6. The minimum Gasteiger partial charge on any atom is -0.297 e. The highest BCUT2D eigenvalue weighted by Gasteiger charge is 2.23. The summed E-state index contributed by atoms with van der Waals surface area (Å²) in [6, 6.07) is 77.1. The predicted octanol–water partition coefficient (Wildman–Crippen LogP) is 16.5. The Morgan fingerprint density at radius 3 is 1.16 bits per heavy atom. The summed E-state index contributed by atoms with van der Waals surface area (Å²) >= 11 is 0. The molecule has 5 heterocycles. The Balaban J connectivity index is 1.05. The molecule has 0 saturated heterocycles. The van der Waals surface area contributed by atoms with Crippen molar-refractivity contribution in [1.82, 2.24) is 34.1 Å². The van der Waals surface area contributed by atoms with Gasteiger partial charge in [0.05, 0.1) is 28.5 Å². The maximum atomic E-state index is 5.36. The Bertz CT molecular complexity index is 3790. The monoisotopic (exact) mass is 953 g/mol. The Hall–Kier alpha value is -9.59. The van der Waals surface area contributed by atoms with Gasteiger partial charge in [-0.05, 0) is 157 Å². The van der Waals surface area contributed by atoms with Gasteiger partial charge in [0.15, 0.2) is 0 Å². The summed E-state index contributed by atoms with van der Waals surface area (Å²) in [4.78, 5) is 24.7. The van der Waals surface area contributed by atoms with E-state index >= 15 is 0 Å². The number of benzene rings is 7. The zero-order valence-electron chi connectivity index (χ0n) is 41.6. The van der Waals surface area contributed by atoms with Crippen LogP contribution in [0.4, 0.5) is 0 Å². The Morgan fingerprint density at radius 1 is 0.270 bits per heavy atom. The molecule has 354 valence electrons. The summed E-state index contributed by atoms with van der Waals surface area (Å²) in [5.74, 6) is 1.69. The third-order valence-electron chi connectivity index (χ3n) is 14.1. The first-order chi connectivity index (χ1) is 36.3. The molecule has 0 bridgehead atoms. The minimum atomic E-state index is 0.844. The molecule has 0 saturated carbocycles. The van der Waals surface area contributed by atoms with Crippen LogP contribution in [-0.4, -0.2) is 34.1 Å². The largest absolute Gasteiger partial charge is 0.297 e. The molecular weight excluding hydrogens is 903 g/mol. The highest BCUT2D eigenvalue weighted by Crippen LogP contribution is 2.43. The second-order valence-corrected chi connectivity index (χ2v) is 18.7. The summed E-state index contributed by atoms with van der Waals surface area (Å²) in [6.07, 6.45) is 5.52. The quantitative estimate of drug-likeness (QED) is 0.129. The molecule has 7 aromatic carbocycles. The van der Waals surface area contributed by atoms with Crippen molar-refractivity contribution < 1.29 is 0 Å². The van der Waals surface area contributed by atoms with Gasteiger partial charge in [0.25, 0.3) is 0 Å². The summed E-state index contributed by atoms with van der Waals surface area (Å²) in [5, 5.41) is 0. The fraction of sp³-hybridized carbons (Fsp3) is 0.0597. The summed E-state index contributed by atoms with van der Waals surface area (Å²) in [6.45, 7) is 8.48. The van der Waals surface area contributed by atoms with Gasteiger partial charge in [-0.25, -0.2) is 9.97 Å². The molecule has 7 nitrogen and oxygen atoms in total. The van der Waals surface area contributed by atoms with Gasteiger partial charge in [-0.2, -0.15) is 0 Å². The predicted molar refractivity (Wildman–Crippen MR) is 302 cm³/mol. The van der Waals surface area contributed by atoms with E-state index < -0.39 is 0 Å². The molecule has 0 fully saturated rings. The first kappa shape index (κ1) is 45.5. The van der Waals surface area contributed by atoms with E-state index in [4.69, 9.17) is 15.0 Å². The van der Waals surface area contributed by atoms with Gasteiger partial charge in [-0.1, -0.05) is 133 Å². The van der Waals surface area contributed by atoms with Crippen molar-refractivity contribution in [3.63, 3.8) is 0 Å². The molecule has 0 amide bonds. The number of aryl methyl sites for hydroxylation is 2. The smallest absolute Gasteiger partial charge is 0.145 e. The number of aromatic nitrogens is 7. The normalized spacial score (nSPS) is 11.2. The van der Waals surface area contributed by atoms with E-state index in [1.807, 2.05) is 67.1 Å². The molecule has 0 spiro atoms. The van der Waals surface area contributed by atoms with E-state index in [-0.39, 0.29) is 0 Å². The van der Waals surface area contributed by atoms with Crippen molar-refractivity contribution in [3.05, 3.63) is 260 Å². The fourth-order valence-electron chi connectivity index (χ4n) is 10.1. The molecule has 12 rings (SSSR count). The standard InChI is InChI=1S/C67H51N7/c1-44-46(3)73(57-32-27-51(28-33-57)63-20-10-13-37-68-63)66(71-44)55-40-54(41-56(42-55)67-72-45(2)47(4)74(67)58-34-29-52(30-35-58)64-21-11-14-38-69-64)59-18-8-9-19-60(59)61-36-31-53(65-22-12-15-39-70-65)43-62(61)50-25-23-49(24-26-50)48-16-6-5-7-17-48/h5-43H,1-4H3. The first-order valence-electron chi connectivity index (χ1n) is 25.0. The van der Waals surface area contributed by atoms with Crippen LogP contribution in [-0.2, 0) is 0 Å². The van der Waals surface area contributed by atoms with Gasteiger partial charge in [-0.3, -0.25) is 24.1 Å². The number of imidazole rings is 2. The van der Waals surface area contributed by atoms with Crippen LogP contribution in [0.3, 0.4) is 0 Å². The molecule has 0 N–H and O–H groups in total. The van der Waals surface area contributed by atoms with Gasteiger partial charge < -0.3 is 0 Å². The molecule has 0 atom stereocenters. The van der Waals surface area contributed by atoms with Gasteiger partial charge in [0.2, 0.25) is 0 Å². The van der Waals surface area contributed by atoms with Crippen molar-refractivity contribution in [2.24, 2.45) is 0 Å². The highest BCUT2D eigenvalue weighted by molar-refractivity contribution is 5.95. The van der Waals surface area contributed by atoms with E-state index in [1.54, 1.807) is 0 Å². The molecule has 0 aliphatic heterocycles. The molecule has 0 aliphatic rings. The Morgan fingerprint density at radius 2 is 0.662 bits per heavy atom. The fourth-order valence-corrected chi connectivity index (χ4v) is 10.1. The molecule has 0 unspecified atom stereocenters. The van der Waals surface area contributed by atoms with Crippen LogP contribution in [0.2, 0.25) is 0 Å². The van der Waals surface area contributed by atoms with E-state index in [9.17, 15) is 0 Å². The molecule has 74 heavy (non-hydrogen) atoms. The van der Waals surface area contributed by atoms with Gasteiger partial charge in [0.1, 0.15) is 11.6 Å². The van der Waals surface area contributed by atoms with E-state index in [2.05, 4.69) is 217 Å². The average molecular weight is 954 g/mol. The number of pyridine rings is 3. The van der Waals surface area contributed by atoms with E-state index in [1.165, 1.54) is 11.1 Å². The van der Waals surface area contributed by atoms with Gasteiger partial charge in [0, 0.05) is 69.2 Å². The van der Waals surface area contributed by atoms with Crippen LogP contribution >= 0.6 is 0 Å². The van der Waals surface area contributed by atoms with Crippen LogP contribution in [0.15, 0.2) is 237 Å². The van der Waals surface area contributed by atoms with Crippen molar-refractivity contribution >= 4 is 0 Å².